The number of halogens is 1. The highest BCUT2D eigenvalue weighted by molar-refractivity contribution is 5.90. The molecule has 0 unspecified atom stereocenters. The predicted molar refractivity (Wildman–Crippen MR) is 67.3 cm³/mol. The molecule has 0 atom stereocenters. The Kier molecular flexibility index (Phi) is 4.13. The number of hydrogen-bond donors (Lipinski definition) is 3. The molecule has 0 amide bonds. The van der Waals surface area contributed by atoms with Crippen LogP contribution in [-0.2, 0) is 4.74 Å². The Balaban J connectivity index is 2.92. The van der Waals surface area contributed by atoms with Gasteiger partial charge < -0.3 is 20.9 Å². The number of carboxylic acids is 1. The highest BCUT2D eigenvalue weighted by atomic mass is 19.1. The Morgan fingerprint density at radius 2 is 2.17 bits per heavy atom. The first-order valence-electron chi connectivity index (χ1n) is 5.38. The van der Waals surface area contributed by atoms with Crippen LogP contribution in [0.25, 0.3) is 0 Å². The largest absolute Gasteiger partial charge is 0.478 e. The first-order chi connectivity index (χ1) is 8.26. The molecule has 0 heterocycles. The van der Waals surface area contributed by atoms with E-state index in [9.17, 15) is 9.18 Å². The van der Waals surface area contributed by atoms with E-state index in [2.05, 4.69) is 5.32 Å². The van der Waals surface area contributed by atoms with Gasteiger partial charge in [-0.1, -0.05) is 0 Å². The molecule has 0 saturated carbocycles. The van der Waals surface area contributed by atoms with E-state index in [4.69, 9.17) is 15.6 Å². The van der Waals surface area contributed by atoms with Gasteiger partial charge in [-0.05, 0) is 26.0 Å². The van der Waals surface area contributed by atoms with Crippen molar-refractivity contribution in [2.24, 2.45) is 0 Å². The lowest BCUT2D eigenvalue weighted by atomic mass is 10.1. The number of nitrogen functional groups attached to an aromatic ring is 1. The summed E-state index contributed by atoms with van der Waals surface area (Å²) in [6.07, 6.45) is 0. The third-order valence-corrected chi connectivity index (χ3v) is 2.63. The van der Waals surface area contributed by atoms with E-state index < -0.39 is 23.0 Å². The average molecular weight is 256 g/mol. The molecule has 0 saturated heterocycles. The normalized spacial score (nSPS) is 11.3. The van der Waals surface area contributed by atoms with Crippen molar-refractivity contribution >= 4 is 17.3 Å². The van der Waals surface area contributed by atoms with Crippen molar-refractivity contribution in [2.45, 2.75) is 19.4 Å². The van der Waals surface area contributed by atoms with E-state index in [0.717, 1.165) is 12.1 Å². The van der Waals surface area contributed by atoms with Gasteiger partial charge >= 0.3 is 5.97 Å². The van der Waals surface area contributed by atoms with Crippen LogP contribution >= 0.6 is 0 Å². The van der Waals surface area contributed by atoms with Crippen molar-refractivity contribution in [3.05, 3.63) is 23.5 Å². The Hall–Kier alpha value is -1.82. The fourth-order valence-electron chi connectivity index (χ4n) is 1.29. The summed E-state index contributed by atoms with van der Waals surface area (Å²) in [5.41, 5.74) is 5.32. The number of benzene rings is 1. The summed E-state index contributed by atoms with van der Waals surface area (Å²) < 4.78 is 18.7. The predicted octanol–water partition coefficient (Wildman–Crippen LogP) is 1.94. The molecule has 5 nitrogen and oxygen atoms in total. The second-order valence-corrected chi connectivity index (χ2v) is 4.54. The van der Waals surface area contributed by atoms with Crippen LogP contribution in [0, 0.1) is 5.82 Å². The quantitative estimate of drug-likeness (QED) is 0.701. The maximum Gasteiger partial charge on any atom is 0.338 e. The van der Waals surface area contributed by atoms with Gasteiger partial charge in [0, 0.05) is 13.7 Å². The molecule has 0 aromatic heterocycles. The maximum atomic E-state index is 13.5. The number of carbonyl (C=O) groups is 1. The van der Waals surface area contributed by atoms with E-state index in [0.29, 0.717) is 12.2 Å². The third kappa shape index (κ3) is 3.33. The second-order valence-electron chi connectivity index (χ2n) is 4.54. The van der Waals surface area contributed by atoms with Crippen LogP contribution in [0.3, 0.4) is 0 Å². The summed E-state index contributed by atoms with van der Waals surface area (Å²) in [5.74, 6) is -2.17. The van der Waals surface area contributed by atoms with Gasteiger partial charge in [0.2, 0.25) is 0 Å². The zero-order valence-corrected chi connectivity index (χ0v) is 10.6. The lowest BCUT2D eigenvalue weighted by Gasteiger charge is -2.24. The van der Waals surface area contributed by atoms with Crippen molar-refractivity contribution in [3.63, 3.8) is 0 Å². The van der Waals surface area contributed by atoms with Crippen LogP contribution in [-0.4, -0.2) is 30.3 Å². The van der Waals surface area contributed by atoms with Crippen LogP contribution in [0.1, 0.15) is 24.2 Å². The van der Waals surface area contributed by atoms with Crippen molar-refractivity contribution in [2.75, 3.05) is 24.7 Å². The number of ether oxygens (including phenoxy) is 1. The van der Waals surface area contributed by atoms with Crippen molar-refractivity contribution in [3.8, 4) is 0 Å². The van der Waals surface area contributed by atoms with E-state index in [1.165, 1.54) is 0 Å². The lowest BCUT2D eigenvalue weighted by molar-refractivity contribution is 0.0344. The second kappa shape index (κ2) is 5.22. The van der Waals surface area contributed by atoms with E-state index in [-0.39, 0.29) is 5.69 Å². The number of carboxylic acid groups (broad SMARTS) is 1. The molecule has 0 fully saturated rings. The van der Waals surface area contributed by atoms with Crippen LogP contribution in [0.2, 0.25) is 0 Å². The Morgan fingerprint density at radius 1 is 1.56 bits per heavy atom. The smallest absolute Gasteiger partial charge is 0.338 e. The van der Waals surface area contributed by atoms with Gasteiger partial charge in [0.15, 0.2) is 0 Å². The molecule has 1 rings (SSSR count). The van der Waals surface area contributed by atoms with Crippen LogP contribution < -0.4 is 11.1 Å². The standard InChI is InChI=1S/C12H17FN2O3/c1-12(2,18-3)6-15-10-5-8(13)7(11(16)17)4-9(10)14/h4-5,15H,6,14H2,1-3H3,(H,16,17). The first kappa shape index (κ1) is 14.2. The van der Waals surface area contributed by atoms with Gasteiger partial charge in [-0.3, -0.25) is 0 Å². The van der Waals surface area contributed by atoms with Gasteiger partial charge in [-0.25, -0.2) is 9.18 Å². The Bertz CT molecular complexity index is 461. The van der Waals surface area contributed by atoms with E-state index in [1.54, 1.807) is 7.11 Å². The molecule has 0 aliphatic rings. The number of anilines is 2. The summed E-state index contributed by atoms with van der Waals surface area (Å²) >= 11 is 0. The van der Waals surface area contributed by atoms with Crippen LogP contribution in [0.5, 0.6) is 0 Å². The van der Waals surface area contributed by atoms with Crippen molar-refractivity contribution in [1.82, 2.24) is 0 Å². The fraction of sp³-hybridized carbons (Fsp3) is 0.417. The highest BCUT2D eigenvalue weighted by Gasteiger charge is 2.18. The van der Waals surface area contributed by atoms with Gasteiger partial charge in [0.1, 0.15) is 5.82 Å². The first-order valence-corrected chi connectivity index (χ1v) is 5.38. The minimum atomic E-state index is -1.34. The zero-order chi connectivity index (χ0) is 13.9. The van der Waals surface area contributed by atoms with Gasteiger partial charge in [0.05, 0.1) is 22.5 Å². The van der Waals surface area contributed by atoms with Gasteiger partial charge in [-0.15, -0.1) is 0 Å². The molecule has 0 radical (unpaired) electrons. The molecular weight excluding hydrogens is 239 g/mol. The molecule has 18 heavy (non-hydrogen) atoms. The number of aromatic carboxylic acids is 1. The van der Waals surface area contributed by atoms with Crippen LogP contribution in [0.4, 0.5) is 15.8 Å². The SMILES string of the molecule is COC(C)(C)CNc1cc(F)c(C(=O)O)cc1N. The topological polar surface area (TPSA) is 84.6 Å². The molecule has 100 valence electrons. The monoisotopic (exact) mass is 256 g/mol. The minimum absolute atomic E-state index is 0.181. The molecule has 4 N–H and O–H groups in total. The lowest BCUT2D eigenvalue weighted by Crippen LogP contribution is -2.32. The molecule has 0 spiro atoms. The Labute approximate surface area is 105 Å². The summed E-state index contributed by atoms with van der Waals surface area (Å²) in [4.78, 5) is 10.7. The molecular formula is C12H17FN2O3. The number of nitrogens with two attached hydrogens (primary N) is 1. The number of rotatable bonds is 5. The molecule has 0 bridgehead atoms. The summed E-state index contributed by atoms with van der Waals surface area (Å²) in [6.45, 7) is 4.13. The van der Waals surface area contributed by atoms with E-state index >= 15 is 0 Å². The summed E-state index contributed by atoms with van der Waals surface area (Å²) in [6, 6.07) is 2.17. The molecule has 6 heteroatoms. The average Bonchev–Trinajstić information content (AvgIpc) is 2.29. The van der Waals surface area contributed by atoms with Gasteiger partial charge in [-0.2, -0.15) is 0 Å². The molecule has 0 aliphatic carbocycles. The van der Waals surface area contributed by atoms with Crippen LogP contribution in [0.15, 0.2) is 12.1 Å². The fourth-order valence-corrected chi connectivity index (χ4v) is 1.29. The van der Waals surface area contributed by atoms with Crippen molar-refractivity contribution < 1.29 is 19.0 Å². The third-order valence-electron chi connectivity index (χ3n) is 2.63. The van der Waals surface area contributed by atoms with Gasteiger partial charge in [0.25, 0.3) is 0 Å². The highest BCUT2D eigenvalue weighted by Crippen LogP contribution is 2.24. The summed E-state index contributed by atoms with van der Waals surface area (Å²) in [7, 11) is 1.57. The molecule has 1 aromatic carbocycles. The number of methoxy groups -OCH3 is 1. The van der Waals surface area contributed by atoms with E-state index in [1.807, 2.05) is 13.8 Å². The zero-order valence-electron chi connectivity index (χ0n) is 10.6. The maximum absolute atomic E-state index is 13.5. The minimum Gasteiger partial charge on any atom is -0.478 e. The summed E-state index contributed by atoms with van der Waals surface area (Å²) in [5, 5.41) is 11.7. The molecule has 1 aromatic rings. The number of hydrogen-bond acceptors (Lipinski definition) is 4. The Morgan fingerprint density at radius 3 is 2.67 bits per heavy atom. The number of nitrogens with one attached hydrogen (secondary N) is 1. The molecule has 0 aliphatic heterocycles. The van der Waals surface area contributed by atoms with Crippen molar-refractivity contribution in [1.29, 1.82) is 0 Å².